The fourth-order valence-electron chi connectivity index (χ4n) is 1.62. The Balaban J connectivity index is 2.41. The zero-order valence-corrected chi connectivity index (χ0v) is 8.03. The molecule has 0 aliphatic rings. The molecule has 0 amide bonds. The van der Waals surface area contributed by atoms with E-state index in [1.54, 1.807) is 35.1 Å². The van der Waals surface area contributed by atoms with E-state index in [0.717, 1.165) is 10.9 Å². The molecule has 6 heteroatoms. The summed E-state index contributed by atoms with van der Waals surface area (Å²) >= 11 is 0. The molecule has 3 aromatic rings. The molecule has 0 aliphatic heterocycles. The van der Waals surface area contributed by atoms with Crippen LogP contribution < -0.4 is 0 Å². The highest BCUT2D eigenvalue weighted by atomic mass is 16.4. The van der Waals surface area contributed by atoms with Crippen molar-refractivity contribution >= 4 is 22.6 Å². The zero-order valence-electron chi connectivity index (χ0n) is 8.03. The molecule has 0 saturated heterocycles. The van der Waals surface area contributed by atoms with E-state index in [1.165, 1.54) is 0 Å². The van der Waals surface area contributed by atoms with Crippen molar-refractivity contribution in [1.82, 2.24) is 19.6 Å². The molecule has 3 rings (SSSR count). The van der Waals surface area contributed by atoms with Crippen molar-refractivity contribution in [1.29, 1.82) is 0 Å². The minimum Gasteiger partial charge on any atom is -0.478 e. The third-order valence-electron chi connectivity index (χ3n) is 2.38. The number of hydrogen-bond acceptors (Lipinski definition) is 4. The molecule has 0 fully saturated rings. The molecular weight excluding hydrogens is 208 g/mol. The number of fused-ring (bicyclic) bond motifs is 3. The average Bonchev–Trinajstić information content (AvgIpc) is 2.76. The first-order chi connectivity index (χ1) is 7.75. The number of aromatic nitrogens is 4. The number of aromatic carboxylic acids is 1. The topological polar surface area (TPSA) is 80.4 Å². The van der Waals surface area contributed by atoms with Crippen molar-refractivity contribution in [2.24, 2.45) is 0 Å². The Morgan fingerprint density at radius 1 is 1.38 bits per heavy atom. The number of nitrogens with zero attached hydrogens (tertiary/aromatic N) is 4. The van der Waals surface area contributed by atoms with Gasteiger partial charge in [-0.2, -0.15) is 0 Å². The highest BCUT2D eigenvalue weighted by Crippen LogP contribution is 2.15. The number of carboxylic acid groups (broad SMARTS) is 1. The highest BCUT2D eigenvalue weighted by Gasteiger charge is 2.06. The Morgan fingerprint density at radius 2 is 2.25 bits per heavy atom. The van der Waals surface area contributed by atoms with Gasteiger partial charge in [0.1, 0.15) is 6.33 Å². The lowest BCUT2D eigenvalue weighted by Gasteiger charge is -2.01. The van der Waals surface area contributed by atoms with E-state index < -0.39 is 5.97 Å². The minimum absolute atomic E-state index is 0.238. The summed E-state index contributed by atoms with van der Waals surface area (Å²) in [4.78, 5) is 14.9. The van der Waals surface area contributed by atoms with Crippen LogP contribution in [0.5, 0.6) is 0 Å². The largest absolute Gasteiger partial charge is 0.478 e. The van der Waals surface area contributed by atoms with Crippen molar-refractivity contribution in [3.05, 3.63) is 36.3 Å². The quantitative estimate of drug-likeness (QED) is 0.653. The second-order valence-electron chi connectivity index (χ2n) is 3.34. The van der Waals surface area contributed by atoms with Gasteiger partial charge in [-0.25, -0.2) is 9.78 Å². The predicted molar refractivity (Wildman–Crippen MR) is 55.2 cm³/mol. The number of rotatable bonds is 1. The van der Waals surface area contributed by atoms with Gasteiger partial charge in [-0.05, 0) is 18.2 Å². The van der Waals surface area contributed by atoms with Gasteiger partial charge in [-0.3, -0.25) is 4.40 Å². The molecule has 1 N–H and O–H groups in total. The Labute approximate surface area is 89.2 Å². The summed E-state index contributed by atoms with van der Waals surface area (Å²) in [5.74, 6) is -0.457. The number of benzene rings is 1. The summed E-state index contributed by atoms with van der Waals surface area (Å²) in [5.41, 5.74) is 1.07. The Morgan fingerprint density at radius 3 is 3.06 bits per heavy atom. The first-order valence-corrected chi connectivity index (χ1v) is 4.57. The SMILES string of the molecule is O=C(O)c1ccc2c(cnc3nncn32)c1. The molecule has 0 radical (unpaired) electrons. The van der Waals surface area contributed by atoms with Gasteiger partial charge in [0.2, 0.25) is 0 Å². The monoisotopic (exact) mass is 214 g/mol. The molecule has 0 bridgehead atoms. The lowest BCUT2D eigenvalue weighted by Crippen LogP contribution is -1.97. The van der Waals surface area contributed by atoms with Gasteiger partial charge in [0.05, 0.1) is 11.1 Å². The van der Waals surface area contributed by atoms with Crippen molar-refractivity contribution in [2.75, 3.05) is 0 Å². The van der Waals surface area contributed by atoms with Crippen LogP contribution in [0.3, 0.4) is 0 Å². The van der Waals surface area contributed by atoms with Crippen LogP contribution in [0.25, 0.3) is 16.7 Å². The third-order valence-corrected chi connectivity index (χ3v) is 2.38. The molecule has 0 unspecified atom stereocenters. The predicted octanol–water partition coefficient (Wildman–Crippen LogP) is 0.976. The molecule has 6 nitrogen and oxygen atoms in total. The third kappa shape index (κ3) is 1.13. The molecular formula is C10H6N4O2. The maximum atomic E-state index is 10.8. The summed E-state index contributed by atoms with van der Waals surface area (Å²) in [6, 6.07) is 4.84. The van der Waals surface area contributed by atoms with Gasteiger partial charge in [0, 0.05) is 11.6 Å². The standard InChI is InChI=1S/C10H6N4O2/c15-9(16)6-1-2-8-7(3-6)4-11-10-13-12-5-14(8)10/h1-5H,(H,15,16). The maximum Gasteiger partial charge on any atom is 0.335 e. The summed E-state index contributed by atoms with van der Waals surface area (Å²) in [7, 11) is 0. The maximum absolute atomic E-state index is 10.8. The summed E-state index contributed by atoms with van der Waals surface area (Å²) in [6.45, 7) is 0. The van der Waals surface area contributed by atoms with Gasteiger partial charge in [0.25, 0.3) is 5.78 Å². The van der Waals surface area contributed by atoms with Gasteiger partial charge < -0.3 is 5.11 Å². The Bertz CT molecular complexity index is 704. The highest BCUT2D eigenvalue weighted by molar-refractivity contribution is 5.93. The molecule has 0 aliphatic carbocycles. The van der Waals surface area contributed by atoms with Gasteiger partial charge in [-0.15, -0.1) is 10.2 Å². The minimum atomic E-state index is -0.953. The van der Waals surface area contributed by atoms with Crippen LogP contribution >= 0.6 is 0 Å². The van der Waals surface area contributed by atoms with Crippen LogP contribution in [0, 0.1) is 0 Å². The van der Waals surface area contributed by atoms with Crippen LogP contribution in [0.15, 0.2) is 30.7 Å². The Hall–Kier alpha value is -2.50. The molecule has 0 atom stereocenters. The van der Waals surface area contributed by atoms with E-state index in [2.05, 4.69) is 15.2 Å². The molecule has 16 heavy (non-hydrogen) atoms. The van der Waals surface area contributed by atoms with Crippen LogP contribution in [-0.4, -0.2) is 30.7 Å². The fourth-order valence-corrected chi connectivity index (χ4v) is 1.62. The average molecular weight is 214 g/mol. The van der Waals surface area contributed by atoms with E-state index in [9.17, 15) is 4.79 Å². The summed E-state index contributed by atoms with van der Waals surface area (Å²) in [5, 5.41) is 17.2. The summed E-state index contributed by atoms with van der Waals surface area (Å²) < 4.78 is 1.71. The second kappa shape index (κ2) is 2.99. The van der Waals surface area contributed by atoms with Crippen LogP contribution in [0.4, 0.5) is 0 Å². The van der Waals surface area contributed by atoms with E-state index in [0.29, 0.717) is 5.78 Å². The molecule has 2 heterocycles. The van der Waals surface area contributed by atoms with Gasteiger partial charge >= 0.3 is 5.97 Å². The van der Waals surface area contributed by atoms with Crippen LogP contribution in [0.2, 0.25) is 0 Å². The molecule has 0 spiro atoms. The van der Waals surface area contributed by atoms with E-state index in [-0.39, 0.29) is 5.56 Å². The van der Waals surface area contributed by atoms with Crippen molar-refractivity contribution in [3.63, 3.8) is 0 Å². The number of carboxylic acids is 1. The molecule has 0 saturated carbocycles. The summed E-state index contributed by atoms with van der Waals surface area (Å²) in [6.07, 6.45) is 3.14. The first kappa shape index (κ1) is 8.78. The van der Waals surface area contributed by atoms with Crippen molar-refractivity contribution < 1.29 is 9.90 Å². The number of carbonyl (C=O) groups is 1. The fraction of sp³-hybridized carbons (Fsp3) is 0. The second-order valence-corrected chi connectivity index (χ2v) is 3.34. The number of hydrogen-bond donors (Lipinski definition) is 1. The van der Waals surface area contributed by atoms with Gasteiger partial charge in [0.15, 0.2) is 0 Å². The molecule has 1 aromatic carbocycles. The molecule has 78 valence electrons. The van der Waals surface area contributed by atoms with Crippen LogP contribution in [-0.2, 0) is 0 Å². The van der Waals surface area contributed by atoms with Crippen molar-refractivity contribution in [2.45, 2.75) is 0 Å². The van der Waals surface area contributed by atoms with E-state index in [1.807, 2.05) is 0 Å². The normalized spacial score (nSPS) is 11.0. The first-order valence-electron chi connectivity index (χ1n) is 4.57. The van der Waals surface area contributed by atoms with Gasteiger partial charge in [-0.1, -0.05) is 0 Å². The lowest BCUT2D eigenvalue weighted by atomic mass is 10.1. The van der Waals surface area contributed by atoms with E-state index in [4.69, 9.17) is 5.11 Å². The zero-order chi connectivity index (χ0) is 11.1. The molecule has 2 aromatic heterocycles. The lowest BCUT2D eigenvalue weighted by molar-refractivity contribution is 0.0697. The van der Waals surface area contributed by atoms with Crippen LogP contribution in [0.1, 0.15) is 10.4 Å². The van der Waals surface area contributed by atoms with Crippen molar-refractivity contribution in [3.8, 4) is 0 Å². The smallest absolute Gasteiger partial charge is 0.335 e. The Kier molecular flexibility index (Phi) is 1.64. The van der Waals surface area contributed by atoms with E-state index >= 15 is 0 Å².